The lowest BCUT2D eigenvalue weighted by atomic mass is 10.1. The molecular weight excluding hydrogens is 310 g/mol. The molecule has 4 heteroatoms. The molecule has 1 aromatic carbocycles. The second-order valence-electron chi connectivity index (χ2n) is 6.94. The summed E-state index contributed by atoms with van der Waals surface area (Å²) in [4.78, 5) is 11.7. The second kappa shape index (κ2) is 10.3. The molecule has 0 spiro atoms. The van der Waals surface area contributed by atoms with Crippen LogP contribution in [0.1, 0.15) is 70.7 Å². The van der Waals surface area contributed by atoms with Gasteiger partial charge in [0, 0.05) is 6.54 Å². The minimum atomic E-state index is 0.196. The highest BCUT2D eigenvalue weighted by Crippen LogP contribution is 2.24. The number of para-hydroxylation sites is 1. The molecule has 0 bridgehead atoms. The van der Waals surface area contributed by atoms with Gasteiger partial charge in [0.1, 0.15) is 0 Å². The summed E-state index contributed by atoms with van der Waals surface area (Å²) in [6.45, 7) is 5.23. The van der Waals surface area contributed by atoms with Gasteiger partial charge in [-0.1, -0.05) is 58.1 Å². The number of nitrogens with zero attached hydrogens (tertiary/aromatic N) is 3. The van der Waals surface area contributed by atoms with Gasteiger partial charge in [-0.05, 0) is 39.1 Å². The molecule has 0 fully saturated rings. The molecule has 0 aliphatic rings. The van der Waals surface area contributed by atoms with Crippen molar-refractivity contribution in [1.82, 2.24) is 9.88 Å². The van der Waals surface area contributed by atoms with Gasteiger partial charge in [-0.3, -0.25) is 9.89 Å². The van der Waals surface area contributed by atoms with Crippen LogP contribution in [0.4, 0.5) is 0 Å². The Kier molecular flexibility index (Phi) is 8.13. The third kappa shape index (κ3) is 5.67. The Bertz CT molecular complexity index is 706. The Labute approximate surface area is 152 Å². The van der Waals surface area contributed by atoms with Crippen molar-refractivity contribution >= 4 is 10.9 Å². The second-order valence-corrected chi connectivity index (χ2v) is 6.94. The first kappa shape index (κ1) is 19.6. The monoisotopic (exact) mass is 343 g/mol. The highest BCUT2D eigenvalue weighted by atomic mass is 16.3. The summed E-state index contributed by atoms with van der Waals surface area (Å²) in [6.07, 6.45) is 8.29. The first-order valence-corrected chi connectivity index (χ1v) is 9.74. The van der Waals surface area contributed by atoms with Crippen LogP contribution in [0.2, 0.25) is 0 Å². The topological polar surface area (TPSA) is 41.6 Å². The maximum absolute atomic E-state index is 6.20. The zero-order chi connectivity index (χ0) is 18.1. The van der Waals surface area contributed by atoms with Crippen LogP contribution in [0, 0.1) is 0 Å². The van der Waals surface area contributed by atoms with Crippen molar-refractivity contribution in [3.8, 4) is 0 Å². The summed E-state index contributed by atoms with van der Waals surface area (Å²) < 4.78 is 6.20. The third-order valence-electron chi connectivity index (χ3n) is 4.57. The number of aromatic nitrogens is 1. The molecule has 1 atom stereocenters. The molecule has 1 heterocycles. The van der Waals surface area contributed by atoms with Gasteiger partial charge in [0.2, 0.25) is 11.4 Å². The summed E-state index contributed by atoms with van der Waals surface area (Å²) >= 11 is 0. The number of rotatable bonds is 10. The van der Waals surface area contributed by atoms with Crippen LogP contribution in [0.5, 0.6) is 0 Å². The van der Waals surface area contributed by atoms with Crippen molar-refractivity contribution in [3.63, 3.8) is 0 Å². The molecule has 0 aliphatic heterocycles. The van der Waals surface area contributed by atoms with Gasteiger partial charge in [-0.15, -0.1) is 0 Å². The van der Waals surface area contributed by atoms with Gasteiger partial charge in [-0.2, -0.15) is 0 Å². The van der Waals surface area contributed by atoms with E-state index in [0.29, 0.717) is 0 Å². The molecule has 1 unspecified atom stereocenters. The maximum Gasteiger partial charge on any atom is 0.225 e. The van der Waals surface area contributed by atoms with Crippen molar-refractivity contribution in [2.75, 3.05) is 20.6 Å². The van der Waals surface area contributed by atoms with E-state index in [1.54, 1.807) is 0 Å². The van der Waals surface area contributed by atoms with E-state index in [-0.39, 0.29) is 6.04 Å². The van der Waals surface area contributed by atoms with E-state index < -0.39 is 0 Å². The normalized spacial score (nSPS) is 13.7. The summed E-state index contributed by atoms with van der Waals surface area (Å²) in [7, 11) is 4.20. The Morgan fingerprint density at radius 1 is 1.04 bits per heavy atom. The molecule has 0 amide bonds. The molecule has 2 aromatic rings. The zero-order valence-electron chi connectivity index (χ0n) is 16.3. The summed E-state index contributed by atoms with van der Waals surface area (Å²) in [5.41, 5.74) is 1.70. The van der Waals surface area contributed by atoms with Gasteiger partial charge in [0.15, 0.2) is 0 Å². The minimum Gasteiger partial charge on any atom is -0.423 e. The fourth-order valence-electron chi connectivity index (χ4n) is 3.01. The number of unbranched alkanes of at least 4 members (excludes halogenated alkanes) is 4. The zero-order valence-corrected chi connectivity index (χ0v) is 16.3. The number of hydrogen-bond acceptors (Lipinski definition) is 4. The lowest BCUT2D eigenvalue weighted by molar-refractivity contribution is 0.221. The van der Waals surface area contributed by atoms with Crippen LogP contribution in [-0.4, -0.2) is 30.5 Å². The first-order chi connectivity index (χ1) is 12.2. The lowest BCUT2D eigenvalue weighted by Gasteiger charge is -2.22. The SMILES string of the molecule is CCCCCCC(c1nc2ccccc2c(=NCCCC)o1)N(C)C. The molecule has 0 radical (unpaired) electrons. The Morgan fingerprint density at radius 3 is 2.52 bits per heavy atom. The quantitative estimate of drug-likeness (QED) is 0.563. The van der Waals surface area contributed by atoms with Crippen LogP contribution >= 0.6 is 0 Å². The molecular formula is C21H33N3O. The number of benzene rings is 1. The Hall–Kier alpha value is -1.68. The lowest BCUT2D eigenvalue weighted by Crippen LogP contribution is -2.23. The van der Waals surface area contributed by atoms with Crippen LogP contribution < -0.4 is 5.55 Å². The molecule has 0 saturated heterocycles. The first-order valence-electron chi connectivity index (χ1n) is 9.74. The average Bonchev–Trinajstić information content (AvgIpc) is 2.61. The molecule has 2 rings (SSSR count). The van der Waals surface area contributed by atoms with E-state index >= 15 is 0 Å². The molecule has 0 aliphatic carbocycles. The van der Waals surface area contributed by atoms with Crippen LogP contribution in [0.25, 0.3) is 10.9 Å². The van der Waals surface area contributed by atoms with Gasteiger partial charge >= 0.3 is 0 Å². The van der Waals surface area contributed by atoms with Crippen LogP contribution in [0.3, 0.4) is 0 Å². The fourth-order valence-corrected chi connectivity index (χ4v) is 3.01. The summed E-state index contributed by atoms with van der Waals surface area (Å²) in [6, 6.07) is 8.35. The molecule has 4 nitrogen and oxygen atoms in total. The predicted octanol–water partition coefficient (Wildman–Crippen LogP) is 5.10. The fraction of sp³-hybridized carbons (Fsp3) is 0.619. The number of hydrogen-bond donors (Lipinski definition) is 0. The van der Waals surface area contributed by atoms with E-state index in [9.17, 15) is 0 Å². The number of fused-ring (bicyclic) bond motifs is 1. The Balaban J connectivity index is 2.36. The summed E-state index contributed by atoms with van der Waals surface area (Å²) in [5.74, 6) is 0.787. The van der Waals surface area contributed by atoms with E-state index in [0.717, 1.165) is 48.2 Å². The van der Waals surface area contributed by atoms with E-state index in [2.05, 4.69) is 38.9 Å². The van der Waals surface area contributed by atoms with Crippen LogP contribution in [0.15, 0.2) is 33.7 Å². The standard InChI is InChI=1S/C21H33N3O/c1-5-7-9-10-15-19(24(3)4)21-23-18-14-12-11-13-17(18)20(25-21)22-16-8-6-2/h11-14,19H,5-10,15-16H2,1-4H3. The van der Waals surface area contributed by atoms with Gasteiger partial charge in [-0.25, -0.2) is 4.98 Å². The highest BCUT2D eigenvalue weighted by Gasteiger charge is 2.19. The smallest absolute Gasteiger partial charge is 0.225 e. The van der Waals surface area contributed by atoms with E-state index in [4.69, 9.17) is 14.4 Å². The average molecular weight is 344 g/mol. The largest absolute Gasteiger partial charge is 0.423 e. The van der Waals surface area contributed by atoms with E-state index in [1.165, 1.54) is 25.7 Å². The molecule has 0 saturated carbocycles. The maximum atomic E-state index is 6.20. The van der Waals surface area contributed by atoms with Gasteiger partial charge in [0.25, 0.3) is 0 Å². The molecule has 25 heavy (non-hydrogen) atoms. The third-order valence-corrected chi connectivity index (χ3v) is 4.57. The predicted molar refractivity (Wildman–Crippen MR) is 105 cm³/mol. The van der Waals surface area contributed by atoms with Crippen molar-refractivity contribution in [1.29, 1.82) is 0 Å². The molecule has 138 valence electrons. The van der Waals surface area contributed by atoms with Crippen molar-refractivity contribution in [3.05, 3.63) is 35.7 Å². The summed E-state index contributed by atoms with van der Waals surface area (Å²) in [5, 5.41) is 1.01. The van der Waals surface area contributed by atoms with Crippen molar-refractivity contribution in [2.45, 2.75) is 64.8 Å². The molecule has 1 aromatic heterocycles. The minimum absolute atomic E-state index is 0.196. The Morgan fingerprint density at radius 2 is 1.80 bits per heavy atom. The molecule has 0 N–H and O–H groups in total. The van der Waals surface area contributed by atoms with Crippen LogP contribution in [-0.2, 0) is 0 Å². The highest BCUT2D eigenvalue weighted by molar-refractivity contribution is 5.76. The van der Waals surface area contributed by atoms with E-state index in [1.807, 2.05) is 18.2 Å². The van der Waals surface area contributed by atoms with Gasteiger partial charge in [0.05, 0.1) is 16.9 Å². The van der Waals surface area contributed by atoms with Gasteiger partial charge < -0.3 is 4.42 Å². The van der Waals surface area contributed by atoms with Crippen molar-refractivity contribution in [2.24, 2.45) is 4.99 Å². The van der Waals surface area contributed by atoms with Crippen molar-refractivity contribution < 1.29 is 4.42 Å².